The first-order chi connectivity index (χ1) is 10.1. The summed E-state index contributed by atoms with van der Waals surface area (Å²) in [5, 5.41) is 1.30. The summed E-state index contributed by atoms with van der Waals surface area (Å²) in [5.41, 5.74) is 9.40. The van der Waals surface area contributed by atoms with Crippen molar-refractivity contribution in [3.63, 3.8) is 0 Å². The Hall–Kier alpha value is -1.97. The van der Waals surface area contributed by atoms with Crippen molar-refractivity contribution in [1.82, 2.24) is 9.55 Å². The molecule has 0 aliphatic carbocycles. The van der Waals surface area contributed by atoms with Gasteiger partial charge in [-0.15, -0.1) is 0 Å². The topological polar surface area (TPSA) is 43.8 Å². The maximum Gasteiger partial charge on any atom is 0.0954 e. The number of imidazole rings is 1. The third-order valence-corrected chi connectivity index (χ3v) is 3.81. The number of aromatic nitrogens is 2. The van der Waals surface area contributed by atoms with E-state index in [0.717, 1.165) is 22.5 Å². The van der Waals surface area contributed by atoms with Crippen molar-refractivity contribution in [2.24, 2.45) is 0 Å². The molecule has 21 heavy (non-hydrogen) atoms. The van der Waals surface area contributed by atoms with E-state index in [9.17, 15) is 0 Å². The molecule has 0 amide bonds. The maximum atomic E-state index is 6.27. The molecule has 0 radical (unpaired) electrons. The highest BCUT2D eigenvalue weighted by molar-refractivity contribution is 6.35. The van der Waals surface area contributed by atoms with Gasteiger partial charge in [0.15, 0.2) is 0 Å². The molecule has 1 aromatic heterocycles. The maximum absolute atomic E-state index is 6.27. The van der Waals surface area contributed by atoms with E-state index >= 15 is 0 Å². The molecule has 106 valence electrons. The van der Waals surface area contributed by atoms with E-state index in [1.165, 1.54) is 0 Å². The average Bonchev–Trinajstić information content (AvgIpc) is 2.92. The molecule has 3 rings (SSSR count). The predicted molar refractivity (Wildman–Crippen MR) is 87.6 cm³/mol. The zero-order valence-corrected chi connectivity index (χ0v) is 12.6. The first-order valence-electron chi connectivity index (χ1n) is 6.43. The molecule has 2 aromatic carbocycles. The minimum atomic E-state index is 0.648. The van der Waals surface area contributed by atoms with Gasteiger partial charge in [-0.1, -0.05) is 35.3 Å². The first kappa shape index (κ1) is 14.0. The van der Waals surface area contributed by atoms with Gasteiger partial charge in [0.2, 0.25) is 0 Å². The number of nitrogens with zero attached hydrogens (tertiary/aromatic N) is 2. The minimum Gasteiger partial charge on any atom is -0.399 e. The molecule has 0 aliphatic rings. The summed E-state index contributed by atoms with van der Waals surface area (Å²) >= 11 is 12.3. The summed E-state index contributed by atoms with van der Waals surface area (Å²) < 4.78 is 2.03. The fraction of sp³-hybridized carbons (Fsp3) is 0.0625. The van der Waals surface area contributed by atoms with Gasteiger partial charge in [0, 0.05) is 22.8 Å². The van der Waals surface area contributed by atoms with Crippen LogP contribution in [-0.4, -0.2) is 9.55 Å². The van der Waals surface area contributed by atoms with Crippen LogP contribution in [0.5, 0.6) is 0 Å². The van der Waals surface area contributed by atoms with Gasteiger partial charge in [0.25, 0.3) is 0 Å². The number of nitrogens with two attached hydrogens (primary N) is 1. The Balaban J connectivity index is 1.97. The zero-order chi connectivity index (χ0) is 14.8. The Labute approximate surface area is 132 Å². The molecule has 0 spiro atoms. The molecule has 0 aliphatic heterocycles. The number of hydrogen-bond acceptors (Lipinski definition) is 2. The lowest BCUT2D eigenvalue weighted by Crippen LogP contribution is -2.01. The van der Waals surface area contributed by atoms with E-state index < -0.39 is 0 Å². The Morgan fingerprint density at radius 3 is 2.57 bits per heavy atom. The molecule has 3 aromatic rings. The number of rotatable bonds is 3. The van der Waals surface area contributed by atoms with E-state index in [2.05, 4.69) is 4.98 Å². The monoisotopic (exact) mass is 317 g/mol. The number of hydrogen-bond donors (Lipinski definition) is 1. The van der Waals surface area contributed by atoms with Gasteiger partial charge in [0.1, 0.15) is 0 Å². The van der Waals surface area contributed by atoms with Crippen molar-refractivity contribution in [2.45, 2.75) is 6.54 Å². The Morgan fingerprint density at radius 1 is 1.05 bits per heavy atom. The van der Waals surface area contributed by atoms with Crippen LogP contribution in [0.1, 0.15) is 5.56 Å². The van der Waals surface area contributed by atoms with Crippen molar-refractivity contribution >= 4 is 28.9 Å². The zero-order valence-electron chi connectivity index (χ0n) is 11.1. The molecule has 0 bridgehead atoms. The van der Waals surface area contributed by atoms with Crippen molar-refractivity contribution in [3.8, 4) is 11.3 Å². The Kier molecular flexibility index (Phi) is 3.86. The van der Waals surface area contributed by atoms with Crippen LogP contribution in [0.15, 0.2) is 55.0 Å². The minimum absolute atomic E-state index is 0.648. The van der Waals surface area contributed by atoms with Crippen molar-refractivity contribution in [1.29, 1.82) is 0 Å². The van der Waals surface area contributed by atoms with E-state index in [-0.39, 0.29) is 0 Å². The lowest BCUT2D eigenvalue weighted by Gasteiger charge is -2.10. The second-order valence-corrected chi connectivity index (χ2v) is 5.62. The average molecular weight is 318 g/mol. The standard InChI is InChI=1S/C16H13Cl2N3/c17-12-3-6-15(18)14(7-12)16-8-20-10-21(16)9-11-1-4-13(19)5-2-11/h1-8,10H,9,19H2. The van der Waals surface area contributed by atoms with Crippen LogP contribution in [0.3, 0.4) is 0 Å². The lowest BCUT2D eigenvalue weighted by atomic mass is 10.1. The van der Waals surface area contributed by atoms with Gasteiger partial charge in [-0.2, -0.15) is 0 Å². The Bertz CT molecular complexity index is 763. The van der Waals surface area contributed by atoms with E-state index in [0.29, 0.717) is 16.6 Å². The van der Waals surface area contributed by atoms with Crippen LogP contribution in [0.25, 0.3) is 11.3 Å². The van der Waals surface area contributed by atoms with Crippen LogP contribution in [0.2, 0.25) is 10.0 Å². The van der Waals surface area contributed by atoms with Gasteiger partial charge >= 0.3 is 0 Å². The van der Waals surface area contributed by atoms with E-state index in [1.807, 2.05) is 34.9 Å². The normalized spacial score (nSPS) is 10.8. The second-order valence-electron chi connectivity index (χ2n) is 4.77. The molecule has 1 heterocycles. The van der Waals surface area contributed by atoms with Crippen molar-refractivity contribution in [3.05, 3.63) is 70.6 Å². The molecule has 3 nitrogen and oxygen atoms in total. The molecular formula is C16H13Cl2N3. The van der Waals surface area contributed by atoms with Gasteiger partial charge in [0.05, 0.1) is 23.2 Å². The summed E-state index contributed by atoms with van der Waals surface area (Å²) in [6.07, 6.45) is 3.57. The summed E-state index contributed by atoms with van der Waals surface area (Å²) in [6.45, 7) is 0.693. The molecule has 2 N–H and O–H groups in total. The van der Waals surface area contributed by atoms with E-state index in [1.54, 1.807) is 24.7 Å². The molecule has 0 saturated heterocycles. The molecule has 0 unspecified atom stereocenters. The van der Waals surface area contributed by atoms with Crippen LogP contribution in [-0.2, 0) is 6.54 Å². The third kappa shape index (κ3) is 3.04. The molecule has 0 saturated carbocycles. The van der Waals surface area contributed by atoms with Crippen molar-refractivity contribution < 1.29 is 0 Å². The highest BCUT2D eigenvalue weighted by Gasteiger charge is 2.10. The fourth-order valence-electron chi connectivity index (χ4n) is 2.18. The van der Waals surface area contributed by atoms with Crippen LogP contribution in [0.4, 0.5) is 5.69 Å². The molecular weight excluding hydrogens is 305 g/mol. The van der Waals surface area contributed by atoms with Gasteiger partial charge < -0.3 is 10.3 Å². The summed E-state index contributed by atoms with van der Waals surface area (Å²) in [6, 6.07) is 13.2. The Morgan fingerprint density at radius 2 is 1.81 bits per heavy atom. The highest BCUT2D eigenvalue weighted by atomic mass is 35.5. The summed E-state index contributed by atoms with van der Waals surface area (Å²) in [7, 11) is 0. The summed E-state index contributed by atoms with van der Waals surface area (Å²) in [4.78, 5) is 4.22. The van der Waals surface area contributed by atoms with Crippen molar-refractivity contribution in [2.75, 3.05) is 5.73 Å². The highest BCUT2D eigenvalue weighted by Crippen LogP contribution is 2.30. The number of anilines is 1. The quantitative estimate of drug-likeness (QED) is 0.723. The van der Waals surface area contributed by atoms with Gasteiger partial charge in [-0.05, 0) is 35.9 Å². The first-order valence-corrected chi connectivity index (χ1v) is 7.19. The van der Waals surface area contributed by atoms with Gasteiger partial charge in [-0.25, -0.2) is 4.98 Å². The number of nitrogen functional groups attached to an aromatic ring is 1. The molecule has 0 atom stereocenters. The van der Waals surface area contributed by atoms with E-state index in [4.69, 9.17) is 28.9 Å². The summed E-state index contributed by atoms with van der Waals surface area (Å²) in [5.74, 6) is 0. The number of benzene rings is 2. The lowest BCUT2D eigenvalue weighted by molar-refractivity contribution is 0.805. The predicted octanol–water partition coefficient (Wildman–Crippen LogP) is 4.49. The largest absolute Gasteiger partial charge is 0.399 e. The molecule has 0 fully saturated rings. The van der Waals surface area contributed by atoms with Crippen LogP contribution in [0, 0.1) is 0 Å². The van der Waals surface area contributed by atoms with Crippen LogP contribution < -0.4 is 5.73 Å². The number of halogens is 2. The molecule has 5 heteroatoms. The van der Waals surface area contributed by atoms with Crippen LogP contribution >= 0.6 is 23.2 Å². The fourth-order valence-corrected chi connectivity index (χ4v) is 2.57. The smallest absolute Gasteiger partial charge is 0.0954 e. The third-order valence-electron chi connectivity index (χ3n) is 3.25. The second kappa shape index (κ2) is 5.80. The van der Waals surface area contributed by atoms with Gasteiger partial charge in [-0.3, -0.25) is 0 Å². The SMILES string of the molecule is Nc1ccc(Cn2cncc2-c2cc(Cl)ccc2Cl)cc1.